The Morgan fingerprint density at radius 2 is 1.90 bits per heavy atom. The predicted molar refractivity (Wildman–Crippen MR) is 78.1 cm³/mol. The van der Waals surface area contributed by atoms with Crippen LogP contribution < -0.4 is 20.5 Å². The maximum absolute atomic E-state index is 11.7. The van der Waals surface area contributed by atoms with Crippen molar-refractivity contribution in [2.24, 2.45) is 5.73 Å². The summed E-state index contributed by atoms with van der Waals surface area (Å²) in [5, 5.41) is 2.49. The van der Waals surface area contributed by atoms with E-state index >= 15 is 0 Å². The minimum absolute atomic E-state index is 0.0280. The highest BCUT2D eigenvalue weighted by molar-refractivity contribution is 5.84. The molecule has 0 saturated heterocycles. The molecule has 0 heterocycles. The van der Waals surface area contributed by atoms with Crippen molar-refractivity contribution in [2.75, 3.05) is 26.4 Å². The zero-order chi connectivity index (χ0) is 15.5. The van der Waals surface area contributed by atoms with Crippen LogP contribution in [0.2, 0.25) is 0 Å². The summed E-state index contributed by atoms with van der Waals surface area (Å²) in [7, 11) is 0. The maximum Gasteiger partial charge on any atom is 0.326 e. The van der Waals surface area contributed by atoms with Gasteiger partial charge in [-0.1, -0.05) is 0 Å². The van der Waals surface area contributed by atoms with Crippen LogP contribution in [0.15, 0.2) is 24.3 Å². The van der Waals surface area contributed by atoms with E-state index in [4.69, 9.17) is 15.2 Å². The Morgan fingerprint density at radius 3 is 2.43 bits per heavy atom. The number of imide groups is 1. The first kappa shape index (κ1) is 16.8. The Kier molecular flexibility index (Phi) is 7.67. The molecule has 1 aromatic rings. The molecule has 0 atom stereocenters. The average Bonchev–Trinajstić information content (AvgIpc) is 2.50. The number of nitrogens with zero attached hydrogens (tertiary/aromatic N) is 1. The Morgan fingerprint density at radius 1 is 1.29 bits per heavy atom. The number of rotatable bonds is 9. The molecule has 0 aliphatic heterocycles. The number of amides is 3. The molecule has 0 unspecified atom stereocenters. The first-order valence-electron chi connectivity index (χ1n) is 6.76. The molecule has 0 spiro atoms. The number of nitrogens with two attached hydrogens (primary N) is 1. The molecule has 0 aromatic heterocycles. The lowest BCUT2D eigenvalue weighted by atomic mass is 10.3. The van der Waals surface area contributed by atoms with Gasteiger partial charge in [-0.3, -0.25) is 9.69 Å². The van der Waals surface area contributed by atoms with E-state index in [1.54, 1.807) is 24.3 Å². The van der Waals surface area contributed by atoms with Crippen LogP contribution in [0.3, 0.4) is 0 Å². The van der Waals surface area contributed by atoms with Crippen molar-refractivity contribution in [3.8, 4) is 11.5 Å². The van der Waals surface area contributed by atoms with Gasteiger partial charge in [0.15, 0.2) is 6.73 Å². The monoisotopic (exact) mass is 295 g/mol. The second kappa shape index (κ2) is 9.60. The van der Waals surface area contributed by atoms with E-state index < -0.39 is 6.03 Å². The van der Waals surface area contributed by atoms with Crippen molar-refractivity contribution in [3.05, 3.63) is 24.3 Å². The largest absolute Gasteiger partial charge is 0.494 e. The lowest BCUT2D eigenvalue weighted by Gasteiger charge is -2.16. The summed E-state index contributed by atoms with van der Waals surface area (Å²) in [5.41, 5.74) is 5.33. The van der Waals surface area contributed by atoms with E-state index in [-0.39, 0.29) is 13.3 Å². The van der Waals surface area contributed by atoms with Gasteiger partial charge in [0.1, 0.15) is 11.5 Å². The highest BCUT2D eigenvalue weighted by Gasteiger charge is 2.10. The van der Waals surface area contributed by atoms with E-state index in [2.05, 4.69) is 5.32 Å². The fourth-order valence-electron chi connectivity index (χ4n) is 1.55. The minimum Gasteiger partial charge on any atom is -0.494 e. The summed E-state index contributed by atoms with van der Waals surface area (Å²) < 4.78 is 10.7. The summed E-state index contributed by atoms with van der Waals surface area (Å²) in [6.45, 7) is 3.18. The molecule has 1 aromatic carbocycles. The zero-order valence-electron chi connectivity index (χ0n) is 12.1. The molecule has 0 aliphatic carbocycles. The fraction of sp³-hybridized carbons (Fsp3) is 0.429. The second-order valence-corrected chi connectivity index (χ2v) is 4.12. The van der Waals surface area contributed by atoms with E-state index in [1.807, 2.05) is 6.92 Å². The Bertz CT molecular complexity index is 436. The van der Waals surface area contributed by atoms with Gasteiger partial charge in [0.2, 0.25) is 6.41 Å². The molecule has 7 heteroatoms. The molecule has 7 nitrogen and oxygen atoms in total. The highest BCUT2D eigenvalue weighted by atomic mass is 16.5. The van der Waals surface area contributed by atoms with Gasteiger partial charge >= 0.3 is 6.03 Å². The number of benzene rings is 1. The third kappa shape index (κ3) is 6.13. The van der Waals surface area contributed by atoms with E-state index in [0.717, 1.165) is 10.6 Å². The first-order chi connectivity index (χ1) is 10.2. The first-order valence-corrected chi connectivity index (χ1v) is 6.76. The molecule has 0 radical (unpaired) electrons. The number of hydrogen-bond donors (Lipinski definition) is 2. The molecular weight excluding hydrogens is 274 g/mol. The summed E-state index contributed by atoms with van der Waals surface area (Å²) in [4.78, 5) is 23.4. The lowest BCUT2D eigenvalue weighted by Crippen LogP contribution is -2.41. The summed E-state index contributed by atoms with van der Waals surface area (Å²) >= 11 is 0. The van der Waals surface area contributed by atoms with Gasteiger partial charge in [-0.2, -0.15) is 0 Å². The van der Waals surface area contributed by atoms with Crippen LogP contribution in [0.5, 0.6) is 11.5 Å². The van der Waals surface area contributed by atoms with Crippen molar-refractivity contribution in [1.29, 1.82) is 0 Å². The van der Waals surface area contributed by atoms with Crippen LogP contribution in [-0.2, 0) is 4.79 Å². The molecule has 3 amide bonds. The number of urea groups is 1. The third-order valence-corrected chi connectivity index (χ3v) is 2.59. The van der Waals surface area contributed by atoms with Crippen LogP contribution in [0, 0.1) is 0 Å². The van der Waals surface area contributed by atoms with Crippen molar-refractivity contribution < 1.29 is 19.1 Å². The molecule has 0 aliphatic rings. The Labute approximate surface area is 124 Å². The van der Waals surface area contributed by atoms with Crippen LogP contribution >= 0.6 is 0 Å². The van der Waals surface area contributed by atoms with Crippen molar-refractivity contribution in [2.45, 2.75) is 13.3 Å². The van der Waals surface area contributed by atoms with Crippen molar-refractivity contribution in [1.82, 2.24) is 10.2 Å². The number of ether oxygens (including phenoxy) is 2. The number of carbonyl (C=O) groups is 2. The topological polar surface area (TPSA) is 93.9 Å². The van der Waals surface area contributed by atoms with Gasteiger partial charge in [-0.25, -0.2) is 4.79 Å². The normalized spacial score (nSPS) is 9.81. The van der Waals surface area contributed by atoms with Crippen LogP contribution in [0.1, 0.15) is 13.3 Å². The molecule has 1 rings (SSSR count). The summed E-state index contributed by atoms with van der Waals surface area (Å²) in [5.74, 6) is 1.35. The molecule has 3 N–H and O–H groups in total. The number of nitrogens with one attached hydrogen (secondary N) is 1. The average molecular weight is 295 g/mol. The maximum atomic E-state index is 11.7. The SMILES string of the molecule is CCOc1ccc(OCNC(=O)N(C=O)CCCN)cc1. The molecule has 21 heavy (non-hydrogen) atoms. The van der Waals surface area contributed by atoms with Crippen molar-refractivity contribution in [3.63, 3.8) is 0 Å². The van der Waals surface area contributed by atoms with Gasteiger partial charge in [0.05, 0.1) is 6.61 Å². The molecule has 0 bridgehead atoms. The number of carbonyl (C=O) groups excluding carboxylic acids is 2. The third-order valence-electron chi connectivity index (χ3n) is 2.59. The Hall–Kier alpha value is -2.28. The van der Waals surface area contributed by atoms with Gasteiger partial charge in [0.25, 0.3) is 0 Å². The molecular formula is C14H21N3O4. The van der Waals surface area contributed by atoms with Gasteiger partial charge in [-0.15, -0.1) is 0 Å². The molecule has 0 saturated carbocycles. The van der Waals surface area contributed by atoms with Gasteiger partial charge in [0, 0.05) is 6.54 Å². The molecule has 116 valence electrons. The summed E-state index contributed by atoms with van der Waals surface area (Å²) in [6.07, 6.45) is 1.04. The Balaban J connectivity index is 2.34. The summed E-state index contributed by atoms with van der Waals surface area (Å²) in [6, 6.07) is 6.52. The minimum atomic E-state index is -0.510. The van der Waals surface area contributed by atoms with Crippen LogP contribution in [0.25, 0.3) is 0 Å². The van der Waals surface area contributed by atoms with E-state index in [9.17, 15) is 9.59 Å². The second-order valence-electron chi connectivity index (χ2n) is 4.12. The van der Waals surface area contributed by atoms with Crippen LogP contribution in [0.4, 0.5) is 4.79 Å². The fourth-order valence-corrected chi connectivity index (χ4v) is 1.55. The van der Waals surface area contributed by atoms with Crippen molar-refractivity contribution >= 4 is 12.4 Å². The standard InChI is InChI=1S/C14H21N3O4/c1-2-20-12-4-6-13(7-5-12)21-10-16-14(19)17(11-18)9-3-8-15/h4-7,11H,2-3,8-10,15H2,1H3,(H,16,19). The lowest BCUT2D eigenvalue weighted by molar-refractivity contribution is -0.115. The van der Waals surface area contributed by atoms with Crippen LogP contribution in [-0.4, -0.2) is 43.8 Å². The molecule has 0 fully saturated rings. The predicted octanol–water partition coefficient (Wildman–Crippen LogP) is 0.938. The van der Waals surface area contributed by atoms with E-state index in [0.29, 0.717) is 31.7 Å². The van der Waals surface area contributed by atoms with Gasteiger partial charge < -0.3 is 20.5 Å². The highest BCUT2D eigenvalue weighted by Crippen LogP contribution is 2.17. The quantitative estimate of drug-likeness (QED) is 0.522. The smallest absolute Gasteiger partial charge is 0.326 e. The van der Waals surface area contributed by atoms with Gasteiger partial charge in [-0.05, 0) is 44.2 Å². The van der Waals surface area contributed by atoms with E-state index in [1.165, 1.54) is 0 Å². The number of hydrogen-bond acceptors (Lipinski definition) is 5. The zero-order valence-corrected chi connectivity index (χ0v) is 12.1.